The molecule has 1 amide bonds. The smallest absolute Gasteiger partial charge is 0.262 e. The predicted octanol–water partition coefficient (Wildman–Crippen LogP) is 5.29. The Morgan fingerprint density at radius 2 is 1.70 bits per heavy atom. The highest BCUT2D eigenvalue weighted by Gasteiger charge is 2.34. The third-order valence-electron chi connectivity index (χ3n) is 6.72. The Morgan fingerprint density at radius 3 is 2.35 bits per heavy atom. The Kier molecular flexibility index (Phi) is 7.64. The van der Waals surface area contributed by atoms with E-state index < -0.39 is 10.0 Å². The van der Waals surface area contributed by atoms with Gasteiger partial charge in [0.15, 0.2) is 0 Å². The minimum Gasteiger partial charge on any atom is -0.467 e. The van der Waals surface area contributed by atoms with Gasteiger partial charge >= 0.3 is 0 Å². The fraction of sp³-hybridized carbons (Fsp3) is 0.333. The number of sulfonamides is 1. The van der Waals surface area contributed by atoms with E-state index >= 15 is 0 Å². The average Bonchev–Trinajstić information content (AvgIpc) is 3.51. The molecule has 1 aromatic heterocycles. The summed E-state index contributed by atoms with van der Waals surface area (Å²) < 4.78 is 33.2. The lowest BCUT2D eigenvalue weighted by Gasteiger charge is -2.21. The van der Waals surface area contributed by atoms with E-state index in [4.69, 9.17) is 16.0 Å². The van der Waals surface area contributed by atoms with Crippen molar-refractivity contribution in [3.63, 3.8) is 0 Å². The van der Waals surface area contributed by atoms with Crippen LogP contribution in [0.3, 0.4) is 0 Å². The highest BCUT2D eigenvalue weighted by Crippen LogP contribution is 2.33. The Bertz CT molecular complexity index is 1350. The van der Waals surface area contributed by atoms with Crippen molar-refractivity contribution < 1.29 is 17.6 Å². The molecule has 1 fully saturated rings. The molecule has 3 aromatic rings. The molecule has 1 saturated heterocycles. The van der Waals surface area contributed by atoms with Crippen LogP contribution in [0.25, 0.3) is 0 Å². The molecule has 194 valence electrons. The fourth-order valence-corrected chi connectivity index (χ4v) is 6.34. The van der Waals surface area contributed by atoms with Gasteiger partial charge in [-0.1, -0.05) is 36.6 Å². The van der Waals surface area contributed by atoms with Gasteiger partial charge in [0.1, 0.15) is 11.8 Å². The first-order chi connectivity index (χ1) is 17.9. The van der Waals surface area contributed by atoms with Crippen LogP contribution in [-0.4, -0.2) is 49.0 Å². The van der Waals surface area contributed by atoms with Gasteiger partial charge in [0.2, 0.25) is 10.0 Å². The summed E-state index contributed by atoms with van der Waals surface area (Å²) in [6, 6.07) is 17.2. The maximum Gasteiger partial charge on any atom is 0.262 e. The molecule has 0 saturated carbocycles. The van der Waals surface area contributed by atoms with Gasteiger partial charge in [-0.25, -0.2) is 13.4 Å². The fourth-order valence-electron chi connectivity index (χ4n) is 4.69. The summed E-state index contributed by atoms with van der Waals surface area (Å²) >= 11 is 6.02. The first kappa shape index (κ1) is 25.5. The Morgan fingerprint density at radius 1 is 1.00 bits per heavy atom. The maximum atomic E-state index is 13.2. The summed E-state index contributed by atoms with van der Waals surface area (Å²) in [6.07, 6.45) is 6.00. The largest absolute Gasteiger partial charge is 0.467 e. The number of furan rings is 1. The summed E-state index contributed by atoms with van der Waals surface area (Å²) in [4.78, 5) is 13.5. The lowest BCUT2D eigenvalue weighted by Crippen LogP contribution is -2.32. The number of hydrazone groups is 1. The van der Waals surface area contributed by atoms with E-state index in [2.05, 4.69) is 10.4 Å². The van der Waals surface area contributed by atoms with Crippen molar-refractivity contribution in [1.29, 1.82) is 0 Å². The maximum absolute atomic E-state index is 13.2. The number of rotatable bonds is 7. The summed E-state index contributed by atoms with van der Waals surface area (Å²) in [6.45, 7) is 1.11. The van der Waals surface area contributed by atoms with Crippen molar-refractivity contribution in [2.24, 2.45) is 5.10 Å². The molecule has 1 atom stereocenters. The van der Waals surface area contributed by atoms with Crippen LogP contribution in [0, 0.1) is 0 Å². The summed E-state index contributed by atoms with van der Waals surface area (Å²) in [5, 5.41) is 9.80. The third kappa shape index (κ3) is 5.74. The van der Waals surface area contributed by atoms with E-state index in [0.717, 1.165) is 37.0 Å². The molecular formula is C27H29ClN4O4S. The zero-order valence-electron chi connectivity index (χ0n) is 20.3. The lowest BCUT2D eigenvalue weighted by molar-refractivity contribution is -0.131. The zero-order chi connectivity index (χ0) is 25.8. The molecule has 2 aliphatic heterocycles. The van der Waals surface area contributed by atoms with Crippen LogP contribution in [0.1, 0.15) is 49.5 Å². The first-order valence-electron chi connectivity index (χ1n) is 12.4. The highest BCUT2D eigenvalue weighted by atomic mass is 35.5. The molecule has 0 aliphatic carbocycles. The van der Waals surface area contributed by atoms with Crippen molar-refractivity contribution >= 4 is 38.9 Å². The summed E-state index contributed by atoms with van der Waals surface area (Å²) in [7, 11) is -3.52. The minimum absolute atomic E-state index is 0.00712. The topological polar surface area (TPSA) is 95.2 Å². The molecule has 8 nitrogen and oxygen atoms in total. The molecular weight excluding hydrogens is 512 g/mol. The van der Waals surface area contributed by atoms with E-state index in [9.17, 15) is 13.2 Å². The highest BCUT2D eigenvalue weighted by molar-refractivity contribution is 7.89. The number of hydrogen-bond acceptors (Lipinski definition) is 6. The molecule has 3 heterocycles. The van der Waals surface area contributed by atoms with E-state index in [1.807, 2.05) is 18.2 Å². The van der Waals surface area contributed by atoms with Crippen molar-refractivity contribution in [1.82, 2.24) is 9.31 Å². The molecule has 0 unspecified atom stereocenters. The van der Waals surface area contributed by atoms with Gasteiger partial charge in [-0.05, 0) is 66.9 Å². The number of halogens is 1. The second-order valence-electron chi connectivity index (χ2n) is 9.22. The van der Waals surface area contributed by atoms with E-state index in [0.29, 0.717) is 36.0 Å². The van der Waals surface area contributed by atoms with E-state index in [1.165, 1.54) is 5.01 Å². The van der Waals surface area contributed by atoms with Crippen LogP contribution in [0.15, 0.2) is 81.3 Å². The third-order valence-corrected chi connectivity index (χ3v) is 8.88. The number of hydrogen-bond donors (Lipinski definition) is 1. The number of carbonyl (C=O) groups is 1. The first-order valence-corrected chi connectivity index (χ1v) is 14.3. The molecule has 5 rings (SSSR count). The molecule has 2 aromatic carbocycles. The minimum atomic E-state index is -3.52. The second-order valence-corrected chi connectivity index (χ2v) is 11.6. The van der Waals surface area contributed by atoms with Gasteiger partial charge in [-0.15, -0.1) is 0 Å². The number of benzene rings is 2. The van der Waals surface area contributed by atoms with E-state index in [-0.39, 0.29) is 23.4 Å². The Labute approximate surface area is 222 Å². The SMILES string of the molecule is O=C(CNc1ccc(S(=O)(=O)N2CCCCCC2)cc1)N1N=C(c2ccc(Cl)cc2)C[C@H]1c1ccco1. The molecule has 37 heavy (non-hydrogen) atoms. The van der Waals surface area contributed by atoms with Gasteiger partial charge in [0.05, 0.1) is 23.4 Å². The number of amides is 1. The van der Waals surface area contributed by atoms with Gasteiger partial charge in [-0.3, -0.25) is 4.79 Å². The summed E-state index contributed by atoms with van der Waals surface area (Å²) in [5.41, 5.74) is 2.32. The van der Waals surface area contributed by atoms with Crippen LogP contribution in [0.4, 0.5) is 5.69 Å². The van der Waals surface area contributed by atoms with Crippen LogP contribution in [0.2, 0.25) is 5.02 Å². The summed E-state index contributed by atoms with van der Waals surface area (Å²) in [5.74, 6) is 0.427. The molecule has 10 heteroatoms. The van der Waals surface area contributed by atoms with Gasteiger partial charge in [-0.2, -0.15) is 9.41 Å². The quantitative estimate of drug-likeness (QED) is 0.439. The monoisotopic (exact) mass is 540 g/mol. The predicted molar refractivity (Wildman–Crippen MR) is 143 cm³/mol. The molecule has 0 bridgehead atoms. The Hall–Kier alpha value is -3.14. The van der Waals surface area contributed by atoms with Crippen molar-refractivity contribution in [3.05, 3.63) is 83.3 Å². The van der Waals surface area contributed by atoms with Crippen LogP contribution < -0.4 is 5.32 Å². The van der Waals surface area contributed by atoms with Crippen molar-refractivity contribution in [3.8, 4) is 0 Å². The zero-order valence-corrected chi connectivity index (χ0v) is 21.9. The van der Waals surface area contributed by atoms with Gasteiger partial charge < -0.3 is 9.73 Å². The van der Waals surface area contributed by atoms with Crippen LogP contribution >= 0.6 is 11.6 Å². The molecule has 0 radical (unpaired) electrons. The van der Waals surface area contributed by atoms with Crippen LogP contribution in [0.5, 0.6) is 0 Å². The van der Waals surface area contributed by atoms with Gasteiger partial charge in [0, 0.05) is 30.2 Å². The number of nitrogens with zero attached hydrogens (tertiary/aromatic N) is 3. The molecule has 2 aliphatic rings. The average molecular weight is 541 g/mol. The van der Waals surface area contributed by atoms with Gasteiger partial charge in [0.25, 0.3) is 5.91 Å². The normalized spacial score (nSPS) is 18.9. The van der Waals surface area contributed by atoms with Crippen LogP contribution in [-0.2, 0) is 14.8 Å². The standard InChI is InChI=1S/C27H29ClN4O4S/c28-21-9-7-20(8-10-21)24-18-25(26-6-5-17-36-26)32(30-24)27(33)19-29-22-11-13-23(14-12-22)37(34,35)31-15-3-1-2-4-16-31/h5-14,17,25,29H,1-4,15-16,18-19H2/t25-/m0/s1. The molecule has 0 spiro atoms. The second kappa shape index (κ2) is 11.1. The lowest BCUT2D eigenvalue weighted by atomic mass is 10.0. The molecule has 1 N–H and O–H groups in total. The number of carbonyl (C=O) groups excluding carboxylic acids is 1. The number of anilines is 1. The van der Waals surface area contributed by atoms with E-state index in [1.54, 1.807) is 53.0 Å². The number of nitrogens with one attached hydrogen (secondary N) is 1. The van der Waals surface area contributed by atoms with Crippen molar-refractivity contribution in [2.75, 3.05) is 25.0 Å². The Balaban J connectivity index is 1.27. The van der Waals surface area contributed by atoms with Crippen molar-refractivity contribution in [2.45, 2.75) is 43.0 Å².